The van der Waals surface area contributed by atoms with E-state index in [2.05, 4.69) is 17.5 Å². The van der Waals surface area contributed by atoms with Gasteiger partial charge in [-0.25, -0.2) is 0 Å². The molecule has 1 aromatic carbocycles. The van der Waals surface area contributed by atoms with Crippen molar-refractivity contribution in [1.29, 1.82) is 0 Å². The molecule has 1 aliphatic rings. The van der Waals surface area contributed by atoms with Gasteiger partial charge >= 0.3 is 0 Å². The lowest BCUT2D eigenvalue weighted by Crippen LogP contribution is -2.29. The quantitative estimate of drug-likeness (QED) is 0.827. The molecule has 1 unspecified atom stereocenters. The van der Waals surface area contributed by atoms with Crippen LogP contribution in [0.2, 0.25) is 5.02 Å². The Kier molecular flexibility index (Phi) is 4.46. The van der Waals surface area contributed by atoms with E-state index < -0.39 is 0 Å². The summed E-state index contributed by atoms with van der Waals surface area (Å²) in [6, 6.07) is 6.32. The zero-order valence-corrected chi connectivity index (χ0v) is 10.8. The molecule has 17 heavy (non-hydrogen) atoms. The molecule has 92 valence electrons. The van der Waals surface area contributed by atoms with Gasteiger partial charge in [-0.05, 0) is 31.4 Å². The molecule has 1 N–H and O–H groups in total. The third-order valence-corrected chi connectivity index (χ3v) is 3.49. The largest absolute Gasteiger partial charge is 0.496 e. The average Bonchev–Trinajstić information content (AvgIpc) is 2.38. The van der Waals surface area contributed by atoms with Crippen LogP contribution in [0.1, 0.15) is 24.8 Å². The summed E-state index contributed by atoms with van der Waals surface area (Å²) in [6.07, 6.45) is 7.95. The third kappa shape index (κ3) is 3.24. The Labute approximate surface area is 108 Å². The fraction of sp³-hybridized carbons (Fsp3) is 0.429. The predicted octanol–water partition coefficient (Wildman–Crippen LogP) is 3.55. The van der Waals surface area contributed by atoms with Crippen LogP contribution in [0, 0.1) is 0 Å². The first-order valence-corrected chi connectivity index (χ1v) is 6.39. The molecule has 0 amide bonds. The number of benzene rings is 1. The van der Waals surface area contributed by atoms with E-state index in [-0.39, 0.29) is 0 Å². The van der Waals surface area contributed by atoms with E-state index in [0.717, 1.165) is 35.7 Å². The standard InChI is InChI=1S/C14H18ClNO/c1-17-14-9-5-8-13(15)12(14)10-16-11-6-3-2-4-7-11/h2-3,5,8-9,11,16H,4,6-7,10H2,1H3. The maximum Gasteiger partial charge on any atom is 0.124 e. The van der Waals surface area contributed by atoms with Crippen molar-refractivity contribution in [3.63, 3.8) is 0 Å². The number of ether oxygens (including phenoxy) is 1. The summed E-state index contributed by atoms with van der Waals surface area (Å²) in [4.78, 5) is 0. The maximum atomic E-state index is 6.19. The molecule has 1 aromatic rings. The summed E-state index contributed by atoms with van der Waals surface area (Å²) in [5, 5.41) is 4.30. The van der Waals surface area contributed by atoms with E-state index in [1.54, 1.807) is 7.11 Å². The van der Waals surface area contributed by atoms with Crippen molar-refractivity contribution in [2.75, 3.05) is 7.11 Å². The minimum Gasteiger partial charge on any atom is -0.496 e. The van der Waals surface area contributed by atoms with Gasteiger partial charge in [0.05, 0.1) is 7.11 Å². The van der Waals surface area contributed by atoms with Crippen molar-refractivity contribution >= 4 is 11.6 Å². The van der Waals surface area contributed by atoms with Crippen LogP contribution in [0.3, 0.4) is 0 Å². The van der Waals surface area contributed by atoms with E-state index in [1.807, 2.05) is 18.2 Å². The SMILES string of the molecule is COc1cccc(Cl)c1CNC1CC=CCC1. The summed E-state index contributed by atoms with van der Waals surface area (Å²) in [6.45, 7) is 0.765. The molecule has 0 bridgehead atoms. The van der Waals surface area contributed by atoms with Crippen molar-refractivity contribution in [2.45, 2.75) is 31.8 Å². The first-order valence-electron chi connectivity index (χ1n) is 6.01. The summed E-state index contributed by atoms with van der Waals surface area (Å²) in [5.74, 6) is 0.858. The average molecular weight is 252 g/mol. The van der Waals surface area contributed by atoms with Gasteiger partial charge in [0, 0.05) is 23.2 Å². The molecule has 0 spiro atoms. The number of rotatable bonds is 4. The van der Waals surface area contributed by atoms with Crippen LogP contribution < -0.4 is 10.1 Å². The number of hydrogen-bond donors (Lipinski definition) is 1. The van der Waals surface area contributed by atoms with Crippen LogP contribution in [-0.4, -0.2) is 13.2 Å². The third-order valence-electron chi connectivity index (χ3n) is 3.13. The predicted molar refractivity (Wildman–Crippen MR) is 71.6 cm³/mol. The van der Waals surface area contributed by atoms with E-state index in [0.29, 0.717) is 6.04 Å². The highest BCUT2D eigenvalue weighted by Gasteiger charge is 2.12. The van der Waals surface area contributed by atoms with Gasteiger partial charge in [-0.15, -0.1) is 0 Å². The molecular formula is C14H18ClNO. The monoisotopic (exact) mass is 251 g/mol. The Morgan fingerprint density at radius 3 is 3.00 bits per heavy atom. The molecule has 0 aromatic heterocycles. The van der Waals surface area contributed by atoms with E-state index in [9.17, 15) is 0 Å². The van der Waals surface area contributed by atoms with Crippen molar-refractivity contribution in [2.24, 2.45) is 0 Å². The number of hydrogen-bond acceptors (Lipinski definition) is 2. The molecule has 1 aliphatic carbocycles. The van der Waals surface area contributed by atoms with Crippen LogP contribution >= 0.6 is 11.6 Å². The molecule has 1 atom stereocenters. The van der Waals surface area contributed by atoms with Crippen LogP contribution in [0.25, 0.3) is 0 Å². The summed E-state index contributed by atoms with van der Waals surface area (Å²) < 4.78 is 5.33. The molecule has 0 aliphatic heterocycles. The molecule has 0 saturated heterocycles. The molecule has 0 fully saturated rings. The number of allylic oxidation sites excluding steroid dienone is 1. The fourth-order valence-corrected chi connectivity index (χ4v) is 2.36. The second-order valence-electron chi connectivity index (χ2n) is 4.28. The van der Waals surface area contributed by atoms with Crippen molar-refractivity contribution in [3.05, 3.63) is 40.9 Å². The first kappa shape index (κ1) is 12.5. The normalized spacial score (nSPS) is 19.3. The maximum absolute atomic E-state index is 6.19. The zero-order valence-electron chi connectivity index (χ0n) is 10.1. The van der Waals surface area contributed by atoms with E-state index >= 15 is 0 Å². The lowest BCUT2D eigenvalue weighted by atomic mass is 10.0. The Balaban J connectivity index is 2.00. The van der Waals surface area contributed by atoms with Gasteiger partial charge in [-0.1, -0.05) is 29.8 Å². The molecule has 0 radical (unpaired) electrons. The molecule has 2 nitrogen and oxygen atoms in total. The highest BCUT2D eigenvalue weighted by molar-refractivity contribution is 6.31. The lowest BCUT2D eigenvalue weighted by molar-refractivity contribution is 0.402. The van der Waals surface area contributed by atoms with Gasteiger partial charge in [0.25, 0.3) is 0 Å². The molecular weight excluding hydrogens is 234 g/mol. The molecule has 3 heteroatoms. The van der Waals surface area contributed by atoms with Gasteiger partial charge in [0.1, 0.15) is 5.75 Å². The van der Waals surface area contributed by atoms with E-state index in [1.165, 1.54) is 6.42 Å². The fourth-order valence-electron chi connectivity index (χ4n) is 2.13. The van der Waals surface area contributed by atoms with Gasteiger partial charge in [0.15, 0.2) is 0 Å². The van der Waals surface area contributed by atoms with Gasteiger partial charge < -0.3 is 10.1 Å². The van der Waals surface area contributed by atoms with Crippen molar-refractivity contribution < 1.29 is 4.74 Å². The summed E-state index contributed by atoms with van der Waals surface area (Å²) >= 11 is 6.19. The van der Waals surface area contributed by atoms with Crippen LogP contribution in [-0.2, 0) is 6.54 Å². The Bertz CT molecular complexity index is 403. The van der Waals surface area contributed by atoms with Crippen molar-refractivity contribution in [1.82, 2.24) is 5.32 Å². The highest BCUT2D eigenvalue weighted by atomic mass is 35.5. The summed E-state index contributed by atoms with van der Waals surface area (Å²) in [7, 11) is 1.68. The van der Waals surface area contributed by atoms with Crippen LogP contribution in [0.15, 0.2) is 30.4 Å². The van der Waals surface area contributed by atoms with Gasteiger partial charge in [0.2, 0.25) is 0 Å². The van der Waals surface area contributed by atoms with Gasteiger partial charge in [-0.3, -0.25) is 0 Å². The topological polar surface area (TPSA) is 21.3 Å². The van der Waals surface area contributed by atoms with Gasteiger partial charge in [-0.2, -0.15) is 0 Å². The summed E-state index contributed by atoms with van der Waals surface area (Å²) in [5.41, 5.74) is 1.05. The Morgan fingerprint density at radius 2 is 2.29 bits per heavy atom. The number of halogens is 1. The Morgan fingerprint density at radius 1 is 1.41 bits per heavy atom. The highest BCUT2D eigenvalue weighted by Crippen LogP contribution is 2.26. The smallest absolute Gasteiger partial charge is 0.124 e. The Hall–Kier alpha value is -0.990. The second-order valence-corrected chi connectivity index (χ2v) is 4.69. The molecule has 2 rings (SSSR count). The number of nitrogens with one attached hydrogen (secondary N) is 1. The first-order chi connectivity index (χ1) is 8.31. The van der Waals surface area contributed by atoms with Crippen LogP contribution in [0.4, 0.5) is 0 Å². The molecule has 0 heterocycles. The minimum atomic E-state index is 0.556. The molecule has 0 saturated carbocycles. The lowest BCUT2D eigenvalue weighted by Gasteiger charge is -2.20. The van der Waals surface area contributed by atoms with E-state index in [4.69, 9.17) is 16.3 Å². The zero-order chi connectivity index (χ0) is 12.1. The second kappa shape index (κ2) is 6.08. The van der Waals surface area contributed by atoms with Crippen molar-refractivity contribution in [3.8, 4) is 5.75 Å². The minimum absolute atomic E-state index is 0.556. The number of methoxy groups -OCH3 is 1. The van der Waals surface area contributed by atoms with Crippen LogP contribution in [0.5, 0.6) is 5.75 Å².